The van der Waals surface area contributed by atoms with Gasteiger partial charge in [0.25, 0.3) is 0 Å². The predicted octanol–water partition coefficient (Wildman–Crippen LogP) is -1.79. The van der Waals surface area contributed by atoms with Crippen LogP contribution in [0.3, 0.4) is 0 Å². The van der Waals surface area contributed by atoms with Gasteiger partial charge in [0, 0.05) is 0 Å². The standard InChI is InChI=1S/C9H14O6/c1-5(11)8(14,4-10)9(15,6(2)12)7(3)13/h10,14-15H,4H2,1-3H3. The van der Waals surface area contributed by atoms with Crippen LogP contribution in [0.15, 0.2) is 0 Å². The van der Waals surface area contributed by atoms with Gasteiger partial charge in [-0.1, -0.05) is 0 Å². The molecule has 0 amide bonds. The maximum absolute atomic E-state index is 11.1. The molecule has 0 fully saturated rings. The molecular formula is C9H14O6. The summed E-state index contributed by atoms with van der Waals surface area (Å²) in [7, 11) is 0. The molecule has 0 aromatic carbocycles. The fourth-order valence-electron chi connectivity index (χ4n) is 1.31. The van der Waals surface area contributed by atoms with Gasteiger partial charge < -0.3 is 15.3 Å². The van der Waals surface area contributed by atoms with Gasteiger partial charge in [-0.25, -0.2) is 0 Å². The molecule has 0 spiro atoms. The topological polar surface area (TPSA) is 112 Å². The molecular weight excluding hydrogens is 204 g/mol. The zero-order valence-electron chi connectivity index (χ0n) is 8.77. The minimum atomic E-state index is -2.90. The highest BCUT2D eigenvalue weighted by Gasteiger charge is 2.59. The molecule has 1 atom stereocenters. The molecule has 0 radical (unpaired) electrons. The number of carbonyl (C=O) groups is 3. The zero-order chi connectivity index (χ0) is 12.4. The lowest BCUT2D eigenvalue weighted by atomic mass is 9.75. The van der Waals surface area contributed by atoms with Crippen LogP contribution in [-0.4, -0.2) is 50.5 Å². The van der Waals surface area contributed by atoms with E-state index in [2.05, 4.69) is 0 Å². The average molecular weight is 218 g/mol. The summed E-state index contributed by atoms with van der Waals surface area (Å²) in [6.45, 7) is 1.36. The van der Waals surface area contributed by atoms with E-state index in [0.29, 0.717) is 0 Å². The van der Waals surface area contributed by atoms with Crippen molar-refractivity contribution in [2.45, 2.75) is 32.0 Å². The molecule has 0 saturated heterocycles. The lowest BCUT2D eigenvalue weighted by Gasteiger charge is -2.36. The molecule has 0 saturated carbocycles. The number of carbonyl (C=O) groups excluding carboxylic acids is 3. The van der Waals surface area contributed by atoms with Crippen LogP contribution in [0, 0.1) is 0 Å². The monoisotopic (exact) mass is 218 g/mol. The lowest BCUT2D eigenvalue weighted by molar-refractivity contribution is -0.190. The van der Waals surface area contributed by atoms with Crippen molar-refractivity contribution in [1.29, 1.82) is 0 Å². The molecule has 86 valence electrons. The largest absolute Gasteiger partial charge is 0.393 e. The summed E-state index contributed by atoms with van der Waals surface area (Å²) in [6, 6.07) is 0. The van der Waals surface area contributed by atoms with Gasteiger partial charge in [-0.15, -0.1) is 0 Å². The molecule has 0 bridgehead atoms. The van der Waals surface area contributed by atoms with Gasteiger partial charge in [0.15, 0.2) is 23.0 Å². The Morgan fingerprint density at radius 3 is 1.33 bits per heavy atom. The normalized spacial score (nSPS) is 15.6. The molecule has 0 heterocycles. The second-order valence-electron chi connectivity index (χ2n) is 3.40. The van der Waals surface area contributed by atoms with Crippen LogP contribution in [-0.2, 0) is 14.4 Å². The number of Topliss-reactive ketones (excluding diaryl/α,β-unsaturated/α-hetero) is 3. The number of rotatable bonds is 5. The predicted molar refractivity (Wildman–Crippen MR) is 49.0 cm³/mol. The van der Waals surface area contributed by atoms with Crippen molar-refractivity contribution in [3.8, 4) is 0 Å². The Balaban J connectivity index is 5.72. The average Bonchev–Trinajstić information content (AvgIpc) is 2.13. The molecule has 15 heavy (non-hydrogen) atoms. The SMILES string of the molecule is CC(=O)C(O)(CO)C(O)(C(C)=O)C(C)=O. The summed E-state index contributed by atoms with van der Waals surface area (Å²) in [4.78, 5) is 33.3. The van der Waals surface area contributed by atoms with E-state index in [1.165, 1.54) is 0 Å². The molecule has 0 aliphatic heterocycles. The number of aliphatic hydroxyl groups excluding tert-OH is 1. The van der Waals surface area contributed by atoms with Crippen molar-refractivity contribution < 1.29 is 29.7 Å². The third kappa shape index (κ3) is 1.83. The van der Waals surface area contributed by atoms with E-state index in [-0.39, 0.29) is 0 Å². The summed E-state index contributed by atoms with van der Waals surface area (Å²) in [5, 5.41) is 28.2. The van der Waals surface area contributed by atoms with Gasteiger partial charge in [0.1, 0.15) is 0 Å². The van der Waals surface area contributed by atoms with E-state index in [4.69, 9.17) is 5.11 Å². The first-order valence-electron chi connectivity index (χ1n) is 4.23. The molecule has 6 nitrogen and oxygen atoms in total. The van der Waals surface area contributed by atoms with E-state index in [1.807, 2.05) is 0 Å². The molecule has 3 N–H and O–H groups in total. The van der Waals surface area contributed by atoms with E-state index < -0.39 is 35.2 Å². The van der Waals surface area contributed by atoms with E-state index in [0.717, 1.165) is 20.8 Å². The third-order valence-electron chi connectivity index (χ3n) is 2.43. The fourth-order valence-corrected chi connectivity index (χ4v) is 1.31. The van der Waals surface area contributed by atoms with E-state index in [9.17, 15) is 24.6 Å². The Morgan fingerprint density at radius 1 is 0.933 bits per heavy atom. The first-order chi connectivity index (χ1) is 6.64. The van der Waals surface area contributed by atoms with Crippen molar-refractivity contribution >= 4 is 17.3 Å². The smallest absolute Gasteiger partial charge is 0.219 e. The van der Waals surface area contributed by atoms with Crippen LogP contribution < -0.4 is 0 Å². The summed E-state index contributed by atoms with van der Waals surface area (Å²) in [5.41, 5.74) is -5.68. The Labute approximate surface area is 86.5 Å². The van der Waals surface area contributed by atoms with Crippen molar-refractivity contribution in [1.82, 2.24) is 0 Å². The minimum absolute atomic E-state index is 0.852. The highest BCUT2D eigenvalue weighted by atomic mass is 16.4. The van der Waals surface area contributed by atoms with Gasteiger partial charge >= 0.3 is 0 Å². The molecule has 1 unspecified atom stereocenters. The van der Waals surface area contributed by atoms with Gasteiger partial charge in [0.05, 0.1) is 6.61 Å². The first kappa shape index (κ1) is 13.9. The van der Waals surface area contributed by atoms with Crippen molar-refractivity contribution in [2.75, 3.05) is 6.61 Å². The van der Waals surface area contributed by atoms with Crippen LogP contribution in [0.25, 0.3) is 0 Å². The number of hydrogen-bond acceptors (Lipinski definition) is 6. The summed E-state index contributed by atoms with van der Waals surface area (Å²) in [5.74, 6) is -3.25. The number of ketones is 3. The Bertz CT molecular complexity index is 294. The zero-order valence-corrected chi connectivity index (χ0v) is 8.77. The van der Waals surface area contributed by atoms with E-state index in [1.54, 1.807) is 0 Å². The van der Waals surface area contributed by atoms with Crippen molar-refractivity contribution in [3.63, 3.8) is 0 Å². The second kappa shape index (κ2) is 4.18. The second-order valence-corrected chi connectivity index (χ2v) is 3.40. The summed E-state index contributed by atoms with van der Waals surface area (Å²) < 4.78 is 0. The van der Waals surface area contributed by atoms with Gasteiger partial charge in [0.2, 0.25) is 5.60 Å². The molecule has 6 heteroatoms. The number of aliphatic hydroxyl groups is 3. The Morgan fingerprint density at radius 2 is 1.27 bits per heavy atom. The molecule has 0 rings (SSSR count). The Kier molecular flexibility index (Phi) is 3.87. The maximum atomic E-state index is 11.1. The van der Waals surface area contributed by atoms with Gasteiger partial charge in [-0.2, -0.15) is 0 Å². The highest BCUT2D eigenvalue weighted by molar-refractivity contribution is 6.14. The molecule has 0 aliphatic carbocycles. The fraction of sp³-hybridized carbons (Fsp3) is 0.667. The molecule has 0 aromatic heterocycles. The quantitative estimate of drug-likeness (QED) is 0.470. The molecule has 0 aliphatic rings. The van der Waals surface area contributed by atoms with Crippen molar-refractivity contribution in [2.24, 2.45) is 0 Å². The lowest BCUT2D eigenvalue weighted by Crippen LogP contribution is -2.68. The molecule has 0 aromatic rings. The maximum Gasteiger partial charge on any atom is 0.219 e. The first-order valence-corrected chi connectivity index (χ1v) is 4.23. The third-order valence-corrected chi connectivity index (χ3v) is 2.43. The van der Waals surface area contributed by atoms with Gasteiger partial charge in [-0.05, 0) is 20.8 Å². The van der Waals surface area contributed by atoms with Crippen LogP contribution >= 0.6 is 0 Å². The van der Waals surface area contributed by atoms with Crippen LogP contribution in [0.2, 0.25) is 0 Å². The van der Waals surface area contributed by atoms with Crippen LogP contribution in [0.5, 0.6) is 0 Å². The van der Waals surface area contributed by atoms with Crippen LogP contribution in [0.1, 0.15) is 20.8 Å². The van der Waals surface area contributed by atoms with Gasteiger partial charge in [-0.3, -0.25) is 14.4 Å². The van der Waals surface area contributed by atoms with Crippen molar-refractivity contribution in [3.05, 3.63) is 0 Å². The minimum Gasteiger partial charge on any atom is -0.393 e. The number of hydrogen-bond donors (Lipinski definition) is 3. The summed E-state index contributed by atoms with van der Waals surface area (Å²) in [6.07, 6.45) is 0. The van der Waals surface area contributed by atoms with Crippen LogP contribution in [0.4, 0.5) is 0 Å². The Hall–Kier alpha value is -1.11. The summed E-state index contributed by atoms with van der Waals surface area (Å²) >= 11 is 0. The van der Waals surface area contributed by atoms with E-state index >= 15 is 0 Å². The highest BCUT2D eigenvalue weighted by Crippen LogP contribution is 2.25.